The van der Waals surface area contributed by atoms with E-state index < -0.39 is 0 Å². The molecular formula is C11H21NO2. The van der Waals surface area contributed by atoms with Crippen molar-refractivity contribution in [2.24, 2.45) is 5.41 Å². The first kappa shape index (κ1) is 11.5. The van der Waals surface area contributed by atoms with Gasteiger partial charge < -0.3 is 10.4 Å². The Morgan fingerprint density at radius 3 is 2.57 bits per heavy atom. The van der Waals surface area contributed by atoms with Gasteiger partial charge in [-0.2, -0.15) is 0 Å². The van der Waals surface area contributed by atoms with Crippen LogP contribution in [0.4, 0.5) is 0 Å². The predicted molar refractivity (Wildman–Crippen MR) is 55.9 cm³/mol. The van der Waals surface area contributed by atoms with E-state index in [0.29, 0.717) is 6.42 Å². The summed E-state index contributed by atoms with van der Waals surface area (Å²) >= 11 is 0. The molecule has 2 N–H and O–H groups in total. The van der Waals surface area contributed by atoms with Crippen molar-refractivity contribution in [3.63, 3.8) is 0 Å². The highest BCUT2D eigenvalue weighted by Crippen LogP contribution is 2.37. The molecule has 3 nitrogen and oxygen atoms in total. The van der Waals surface area contributed by atoms with Gasteiger partial charge in [-0.25, -0.2) is 0 Å². The van der Waals surface area contributed by atoms with Gasteiger partial charge in [0.1, 0.15) is 0 Å². The van der Waals surface area contributed by atoms with Crippen LogP contribution in [0.25, 0.3) is 0 Å². The SMILES string of the molecule is CC(CCO)NC(=O)C1(C)CCCC1. The molecule has 1 fully saturated rings. The van der Waals surface area contributed by atoms with Crippen LogP contribution in [0.3, 0.4) is 0 Å². The number of amides is 1. The topological polar surface area (TPSA) is 49.3 Å². The number of hydrogen-bond acceptors (Lipinski definition) is 2. The number of rotatable bonds is 4. The fourth-order valence-corrected chi connectivity index (χ4v) is 2.05. The molecule has 0 aromatic carbocycles. The molecule has 1 unspecified atom stereocenters. The lowest BCUT2D eigenvalue weighted by atomic mass is 9.87. The van der Waals surface area contributed by atoms with Gasteiger partial charge >= 0.3 is 0 Å². The molecule has 0 saturated heterocycles. The predicted octanol–water partition coefficient (Wildman–Crippen LogP) is 1.45. The Morgan fingerprint density at radius 2 is 2.07 bits per heavy atom. The molecular weight excluding hydrogens is 178 g/mol. The van der Waals surface area contributed by atoms with Gasteiger partial charge in [-0.05, 0) is 26.2 Å². The van der Waals surface area contributed by atoms with Crippen LogP contribution in [0, 0.1) is 5.41 Å². The smallest absolute Gasteiger partial charge is 0.226 e. The summed E-state index contributed by atoms with van der Waals surface area (Å²) in [7, 11) is 0. The van der Waals surface area contributed by atoms with E-state index in [4.69, 9.17) is 5.11 Å². The van der Waals surface area contributed by atoms with Gasteiger partial charge in [-0.3, -0.25) is 4.79 Å². The van der Waals surface area contributed by atoms with Crippen molar-refractivity contribution in [2.75, 3.05) is 6.61 Å². The van der Waals surface area contributed by atoms with Gasteiger partial charge in [0.2, 0.25) is 5.91 Å². The second-order valence-corrected chi connectivity index (χ2v) is 4.65. The molecule has 0 aliphatic heterocycles. The maximum Gasteiger partial charge on any atom is 0.226 e. The van der Waals surface area contributed by atoms with Crippen LogP contribution in [0.15, 0.2) is 0 Å². The third kappa shape index (κ3) is 2.71. The van der Waals surface area contributed by atoms with E-state index in [1.165, 1.54) is 0 Å². The number of aliphatic hydroxyl groups excluding tert-OH is 1. The van der Waals surface area contributed by atoms with E-state index >= 15 is 0 Å². The number of carbonyl (C=O) groups is 1. The van der Waals surface area contributed by atoms with Gasteiger partial charge in [0.15, 0.2) is 0 Å². The summed E-state index contributed by atoms with van der Waals surface area (Å²) in [6, 6.07) is 0.0879. The average Bonchev–Trinajstić information content (AvgIpc) is 2.54. The summed E-state index contributed by atoms with van der Waals surface area (Å²) in [4.78, 5) is 11.9. The fraction of sp³-hybridized carbons (Fsp3) is 0.909. The molecule has 0 radical (unpaired) electrons. The van der Waals surface area contributed by atoms with E-state index in [1.54, 1.807) is 0 Å². The van der Waals surface area contributed by atoms with Crippen LogP contribution in [-0.2, 0) is 4.79 Å². The minimum atomic E-state index is -0.149. The Balaban J connectivity index is 2.40. The fourth-order valence-electron chi connectivity index (χ4n) is 2.05. The maximum absolute atomic E-state index is 11.9. The molecule has 1 amide bonds. The van der Waals surface area contributed by atoms with Crippen molar-refractivity contribution in [3.8, 4) is 0 Å². The van der Waals surface area contributed by atoms with E-state index in [2.05, 4.69) is 5.32 Å². The largest absolute Gasteiger partial charge is 0.396 e. The molecule has 3 heteroatoms. The van der Waals surface area contributed by atoms with E-state index in [0.717, 1.165) is 25.7 Å². The molecule has 1 atom stereocenters. The zero-order chi connectivity index (χ0) is 10.6. The first-order valence-corrected chi connectivity index (χ1v) is 5.50. The molecule has 0 bridgehead atoms. The summed E-state index contributed by atoms with van der Waals surface area (Å²) in [6.45, 7) is 4.12. The molecule has 0 heterocycles. The van der Waals surface area contributed by atoms with Gasteiger partial charge in [-0.15, -0.1) is 0 Å². The number of carbonyl (C=O) groups excluding carboxylic acids is 1. The highest BCUT2D eigenvalue weighted by molar-refractivity contribution is 5.82. The summed E-state index contributed by atoms with van der Waals surface area (Å²) in [5.74, 6) is 0.163. The number of nitrogens with one attached hydrogen (secondary N) is 1. The lowest BCUT2D eigenvalue weighted by Crippen LogP contribution is -2.42. The average molecular weight is 199 g/mol. The molecule has 82 valence electrons. The highest BCUT2D eigenvalue weighted by Gasteiger charge is 2.36. The Bertz CT molecular complexity index is 197. The summed E-state index contributed by atoms with van der Waals surface area (Å²) in [6.07, 6.45) is 4.98. The summed E-state index contributed by atoms with van der Waals surface area (Å²) < 4.78 is 0. The van der Waals surface area contributed by atoms with E-state index in [9.17, 15) is 4.79 Å². The zero-order valence-electron chi connectivity index (χ0n) is 9.18. The third-order valence-electron chi connectivity index (χ3n) is 3.19. The first-order chi connectivity index (χ1) is 6.58. The summed E-state index contributed by atoms with van der Waals surface area (Å²) in [5.41, 5.74) is -0.149. The number of hydrogen-bond donors (Lipinski definition) is 2. The van der Waals surface area contributed by atoms with Crippen molar-refractivity contribution in [2.45, 2.75) is 52.0 Å². The van der Waals surface area contributed by atoms with Crippen LogP contribution in [0.1, 0.15) is 46.0 Å². The second kappa shape index (κ2) is 4.78. The first-order valence-electron chi connectivity index (χ1n) is 5.50. The minimum Gasteiger partial charge on any atom is -0.396 e. The van der Waals surface area contributed by atoms with Crippen molar-refractivity contribution in [1.82, 2.24) is 5.32 Å². The van der Waals surface area contributed by atoms with Crippen molar-refractivity contribution in [3.05, 3.63) is 0 Å². The molecule has 1 saturated carbocycles. The molecule has 1 aliphatic rings. The Hall–Kier alpha value is -0.570. The van der Waals surface area contributed by atoms with Crippen LogP contribution < -0.4 is 5.32 Å². The van der Waals surface area contributed by atoms with Gasteiger partial charge in [-0.1, -0.05) is 19.8 Å². The van der Waals surface area contributed by atoms with Gasteiger partial charge in [0.05, 0.1) is 0 Å². The van der Waals surface area contributed by atoms with Crippen molar-refractivity contribution >= 4 is 5.91 Å². The van der Waals surface area contributed by atoms with Crippen LogP contribution in [0.5, 0.6) is 0 Å². The molecule has 0 aromatic rings. The zero-order valence-corrected chi connectivity index (χ0v) is 9.18. The third-order valence-corrected chi connectivity index (χ3v) is 3.19. The van der Waals surface area contributed by atoms with Crippen LogP contribution in [-0.4, -0.2) is 23.7 Å². The van der Waals surface area contributed by atoms with E-state index in [-0.39, 0.29) is 24.0 Å². The van der Waals surface area contributed by atoms with Crippen LogP contribution >= 0.6 is 0 Å². The Kier molecular flexibility index (Phi) is 3.93. The molecule has 14 heavy (non-hydrogen) atoms. The number of aliphatic hydroxyl groups is 1. The molecule has 0 spiro atoms. The Morgan fingerprint density at radius 1 is 1.50 bits per heavy atom. The molecule has 1 aliphatic carbocycles. The standard InChI is InChI=1S/C11H21NO2/c1-9(5-8-13)12-10(14)11(2)6-3-4-7-11/h9,13H,3-8H2,1-2H3,(H,12,14). The maximum atomic E-state index is 11.9. The highest BCUT2D eigenvalue weighted by atomic mass is 16.3. The van der Waals surface area contributed by atoms with Crippen molar-refractivity contribution < 1.29 is 9.90 Å². The van der Waals surface area contributed by atoms with Crippen LogP contribution in [0.2, 0.25) is 0 Å². The second-order valence-electron chi connectivity index (χ2n) is 4.65. The van der Waals surface area contributed by atoms with E-state index in [1.807, 2.05) is 13.8 Å². The van der Waals surface area contributed by atoms with Gasteiger partial charge in [0.25, 0.3) is 0 Å². The molecule has 0 aromatic heterocycles. The normalized spacial score (nSPS) is 21.9. The van der Waals surface area contributed by atoms with Gasteiger partial charge in [0, 0.05) is 18.1 Å². The van der Waals surface area contributed by atoms with Crippen molar-refractivity contribution in [1.29, 1.82) is 0 Å². The molecule has 1 rings (SSSR count). The lowest BCUT2D eigenvalue weighted by Gasteiger charge is -2.24. The lowest BCUT2D eigenvalue weighted by molar-refractivity contribution is -0.130. The Labute approximate surface area is 85.9 Å². The quantitative estimate of drug-likeness (QED) is 0.720. The monoisotopic (exact) mass is 199 g/mol. The summed E-state index contributed by atoms with van der Waals surface area (Å²) in [5, 5.41) is 11.7. The minimum absolute atomic E-state index is 0.0879.